The summed E-state index contributed by atoms with van der Waals surface area (Å²) in [7, 11) is 0. The molecule has 3 fully saturated rings. The molecule has 0 aromatic rings. The van der Waals surface area contributed by atoms with Gasteiger partial charge >= 0.3 is 0 Å². The van der Waals surface area contributed by atoms with E-state index >= 15 is 0 Å². The molecule has 0 amide bonds. The van der Waals surface area contributed by atoms with Gasteiger partial charge in [0.2, 0.25) is 0 Å². The number of hydrogen-bond acceptors (Lipinski definition) is 3. The molecule has 3 aliphatic rings. The molecular weight excluding hydrogens is 312 g/mol. The van der Waals surface area contributed by atoms with Crippen LogP contribution in [0.3, 0.4) is 0 Å². The van der Waals surface area contributed by atoms with Gasteiger partial charge in [-0.1, -0.05) is 27.7 Å². The van der Waals surface area contributed by atoms with E-state index in [1.54, 1.807) is 0 Å². The van der Waals surface area contributed by atoms with Crippen LogP contribution in [0, 0.1) is 35.5 Å². The van der Waals surface area contributed by atoms with Gasteiger partial charge in [0.05, 0.1) is 12.2 Å². The maximum absolute atomic E-state index is 6.13. The molecule has 3 saturated heterocycles. The summed E-state index contributed by atoms with van der Waals surface area (Å²) in [4.78, 5) is 0. The number of rotatable bonds is 7. The van der Waals surface area contributed by atoms with Crippen molar-refractivity contribution in [3.63, 3.8) is 0 Å². The maximum Gasteiger partial charge on any atom is 0.0601 e. The number of ether oxygens (including phenoxy) is 3. The van der Waals surface area contributed by atoms with Gasteiger partial charge in [0.25, 0.3) is 0 Å². The van der Waals surface area contributed by atoms with Gasteiger partial charge in [0.1, 0.15) is 0 Å². The van der Waals surface area contributed by atoms with E-state index in [0.717, 1.165) is 50.1 Å². The lowest BCUT2D eigenvalue weighted by Gasteiger charge is -2.34. The van der Waals surface area contributed by atoms with E-state index < -0.39 is 0 Å². The standard InChI is InChI=1S/C22H40O3/c1-15(2)21-8-7-18(12-25-21)10-16(3)20-14-23-13-19(20)11-17(4)22-6-5-9-24-22/h15-22H,5-14H2,1-4H3. The van der Waals surface area contributed by atoms with Crippen LogP contribution in [-0.4, -0.2) is 38.6 Å². The molecule has 0 radical (unpaired) electrons. The Morgan fingerprint density at radius 1 is 0.800 bits per heavy atom. The molecule has 0 saturated carbocycles. The monoisotopic (exact) mass is 352 g/mol. The summed E-state index contributed by atoms with van der Waals surface area (Å²) >= 11 is 0. The molecule has 3 heterocycles. The first kappa shape index (κ1) is 19.6. The van der Waals surface area contributed by atoms with Gasteiger partial charge in [0, 0.05) is 26.4 Å². The summed E-state index contributed by atoms with van der Waals surface area (Å²) < 4.78 is 18.0. The topological polar surface area (TPSA) is 27.7 Å². The molecule has 7 atom stereocenters. The van der Waals surface area contributed by atoms with Crippen molar-refractivity contribution < 1.29 is 14.2 Å². The minimum absolute atomic E-state index is 0.487. The molecular formula is C22H40O3. The van der Waals surface area contributed by atoms with E-state index in [1.165, 1.54) is 38.5 Å². The first-order valence-electron chi connectivity index (χ1n) is 10.9. The summed E-state index contributed by atoms with van der Waals surface area (Å²) in [5.74, 6) is 4.28. The Balaban J connectivity index is 1.45. The smallest absolute Gasteiger partial charge is 0.0601 e. The molecule has 0 aromatic carbocycles. The van der Waals surface area contributed by atoms with Gasteiger partial charge in [-0.15, -0.1) is 0 Å². The van der Waals surface area contributed by atoms with Crippen molar-refractivity contribution in [1.29, 1.82) is 0 Å². The lowest BCUT2D eigenvalue weighted by molar-refractivity contribution is -0.0462. The fourth-order valence-electron chi connectivity index (χ4n) is 5.41. The highest BCUT2D eigenvalue weighted by molar-refractivity contribution is 4.85. The fourth-order valence-corrected chi connectivity index (χ4v) is 5.41. The lowest BCUT2D eigenvalue weighted by atomic mass is 9.75. The highest BCUT2D eigenvalue weighted by atomic mass is 16.5. The molecule has 25 heavy (non-hydrogen) atoms. The van der Waals surface area contributed by atoms with Crippen LogP contribution in [0.25, 0.3) is 0 Å². The second-order valence-corrected chi connectivity index (χ2v) is 9.50. The summed E-state index contributed by atoms with van der Waals surface area (Å²) in [6.45, 7) is 13.3. The van der Waals surface area contributed by atoms with Crippen molar-refractivity contribution in [2.75, 3.05) is 26.4 Å². The quantitative estimate of drug-likeness (QED) is 0.650. The summed E-state index contributed by atoms with van der Waals surface area (Å²) in [6.07, 6.45) is 8.66. The Bertz CT molecular complexity index is 383. The van der Waals surface area contributed by atoms with Crippen LogP contribution in [0.4, 0.5) is 0 Å². The third-order valence-corrected chi connectivity index (χ3v) is 7.11. The lowest BCUT2D eigenvalue weighted by Crippen LogP contribution is -2.32. The van der Waals surface area contributed by atoms with Crippen LogP contribution >= 0.6 is 0 Å². The van der Waals surface area contributed by atoms with E-state index in [-0.39, 0.29) is 0 Å². The van der Waals surface area contributed by atoms with Crippen molar-refractivity contribution in [3.8, 4) is 0 Å². The van der Waals surface area contributed by atoms with Gasteiger partial charge in [0.15, 0.2) is 0 Å². The molecule has 0 bridgehead atoms. The zero-order valence-corrected chi connectivity index (χ0v) is 16.9. The predicted molar refractivity (Wildman–Crippen MR) is 102 cm³/mol. The second-order valence-electron chi connectivity index (χ2n) is 9.50. The van der Waals surface area contributed by atoms with Gasteiger partial charge in [-0.2, -0.15) is 0 Å². The van der Waals surface area contributed by atoms with E-state index in [2.05, 4.69) is 27.7 Å². The molecule has 3 heteroatoms. The normalized spacial score (nSPS) is 39.0. The van der Waals surface area contributed by atoms with Crippen molar-refractivity contribution in [1.82, 2.24) is 0 Å². The first-order chi connectivity index (χ1) is 12.0. The third-order valence-electron chi connectivity index (χ3n) is 7.11. The van der Waals surface area contributed by atoms with Crippen molar-refractivity contribution in [3.05, 3.63) is 0 Å². The van der Waals surface area contributed by atoms with Gasteiger partial charge < -0.3 is 14.2 Å². The van der Waals surface area contributed by atoms with Crippen molar-refractivity contribution in [2.45, 2.75) is 78.4 Å². The van der Waals surface area contributed by atoms with Crippen LogP contribution in [0.5, 0.6) is 0 Å². The molecule has 0 N–H and O–H groups in total. The van der Waals surface area contributed by atoms with Crippen LogP contribution in [0.15, 0.2) is 0 Å². The Labute approximate surface area is 155 Å². The molecule has 3 nitrogen and oxygen atoms in total. The van der Waals surface area contributed by atoms with Gasteiger partial charge in [-0.25, -0.2) is 0 Å². The summed E-state index contributed by atoms with van der Waals surface area (Å²) in [5.41, 5.74) is 0. The van der Waals surface area contributed by atoms with Crippen LogP contribution in [0.1, 0.15) is 66.2 Å². The zero-order valence-electron chi connectivity index (χ0n) is 16.9. The molecule has 0 aliphatic carbocycles. The molecule has 3 rings (SSSR count). The SMILES string of the molecule is CC(C)C1CCC(CC(C)C2COCC2CC(C)C2CCCO2)CO1. The van der Waals surface area contributed by atoms with E-state index in [9.17, 15) is 0 Å². The largest absolute Gasteiger partial charge is 0.381 e. The molecule has 0 spiro atoms. The van der Waals surface area contributed by atoms with Crippen LogP contribution in [-0.2, 0) is 14.2 Å². The third kappa shape index (κ3) is 5.20. The molecule has 0 aromatic heterocycles. The second kappa shape index (κ2) is 9.19. The molecule has 146 valence electrons. The van der Waals surface area contributed by atoms with Gasteiger partial charge in [-0.05, 0) is 74.0 Å². The summed E-state index contributed by atoms with van der Waals surface area (Å²) in [6, 6.07) is 0. The van der Waals surface area contributed by atoms with E-state index in [0.29, 0.717) is 24.0 Å². The Hall–Kier alpha value is -0.120. The van der Waals surface area contributed by atoms with E-state index in [1.807, 2.05) is 0 Å². The minimum atomic E-state index is 0.487. The zero-order chi connectivity index (χ0) is 17.8. The van der Waals surface area contributed by atoms with Crippen LogP contribution < -0.4 is 0 Å². The van der Waals surface area contributed by atoms with Crippen molar-refractivity contribution in [2.24, 2.45) is 35.5 Å². The number of hydrogen-bond donors (Lipinski definition) is 0. The predicted octanol–water partition coefficient (Wildman–Crippen LogP) is 4.93. The maximum atomic E-state index is 6.13. The summed E-state index contributed by atoms with van der Waals surface area (Å²) in [5, 5.41) is 0. The Kier molecular flexibility index (Phi) is 7.22. The molecule has 3 aliphatic heterocycles. The Morgan fingerprint density at radius 2 is 1.64 bits per heavy atom. The fraction of sp³-hybridized carbons (Fsp3) is 1.00. The first-order valence-corrected chi connectivity index (χ1v) is 10.9. The average molecular weight is 353 g/mol. The Morgan fingerprint density at radius 3 is 2.28 bits per heavy atom. The minimum Gasteiger partial charge on any atom is -0.381 e. The van der Waals surface area contributed by atoms with E-state index in [4.69, 9.17) is 14.2 Å². The molecule has 7 unspecified atom stereocenters. The highest BCUT2D eigenvalue weighted by Crippen LogP contribution is 2.38. The van der Waals surface area contributed by atoms with Crippen LogP contribution in [0.2, 0.25) is 0 Å². The van der Waals surface area contributed by atoms with Gasteiger partial charge in [-0.3, -0.25) is 0 Å². The average Bonchev–Trinajstić information content (AvgIpc) is 3.27. The highest BCUT2D eigenvalue weighted by Gasteiger charge is 2.36. The van der Waals surface area contributed by atoms with Crippen molar-refractivity contribution >= 4 is 0 Å².